The van der Waals surface area contributed by atoms with Gasteiger partial charge in [-0.1, -0.05) is 133 Å². The van der Waals surface area contributed by atoms with Crippen LogP contribution in [0.2, 0.25) is 0 Å². The third kappa shape index (κ3) is 4.31. The molecule has 214 valence electrons. The monoisotopic (exact) mass is 586 g/mol. The smallest absolute Gasteiger partial charge is 0.160 e. The van der Waals surface area contributed by atoms with Gasteiger partial charge in [0.25, 0.3) is 0 Å². The van der Waals surface area contributed by atoms with Gasteiger partial charge in [-0.05, 0) is 34.4 Å². The second kappa shape index (κ2) is 10.7. The minimum Gasteiger partial charge on any atom is -0.255 e. The first-order valence-electron chi connectivity index (χ1n) is 15.4. The molecular formula is C42H26N4. The van der Waals surface area contributed by atoms with E-state index in [1.54, 1.807) is 0 Å². The van der Waals surface area contributed by atoms with Crippen molar-refractivity contribution in [1.82, 2.24) is 19.9 Å². The Morgan fingerprint density at radius 3 is 1.52 bits per heavy atom. The van der Waals surface area contributed by atoms with E-state index in [1.165, 1.54) is 16.2 Å². The lowest BCUT2D eigenvalue weighted by Gasteiger charge is -2.14. The molecule has 0 saturated heterocycles. The normalized spacial score (nSPS) is 11.5. The molecule has 0 radical (unpaired) electrons. The van der Waals surface area contributed by atoms with Gasteiger partial charge in [0.1, 0.15) is 0 Å². The highest BCUT2D eigenvalue weighted by molar-refractivity contribution is 6.30. The molecule has 0 aliphatic rings. The van der Waals surface area contributed by atoms with Crippen molar-refractivity contribution in [2.24, 2.45) is 0 Å². The third-order valence-corrected chi connectivity index (χ3v) is 8.71. The molecule has 0 bridgehead atoms. The number of hydrogen-bond acceptors (Lipinski definition) is 4. The fourth-order valence-corrected chi connectivity index (χ4v) is 6.53. The molecule has 0 amide bonds. The Kier molecular flexibility index (Phi) is 6.10. The highest BCUT2D eigenvalue weighted by Crippen LogP contribution is 2.40. The van der Waals surface area contributed by atoms with Gasteiger partial charge in [-0.3, -0.25) is 4.98 Å². The summed E-state index contributed by atoms with van der Waals surface area (Å²) < 4.78 is 0. The van der Waals surface area contributed by atoms with Crippen molar-refractivity contribution in [3.63, 3.8) is 0 Å². The molecule has 0 unspecified atom stereocenters. The van der Waals surface area contributed by atoms with Crippen LogP contribution in [-0.2, 0) is 0 Å². The van der Waals surface area contributed by atoms with Crippen molar-refractivity contribution in [3.05, 3.63) is 158 Å². The summed E-state index contributed by atoms with van der Waals surface area (Å²) in [4.78, 5) is 20.4. The maximum atomic E-state index is 5.39. The van der Waals surface area contributed by atoms with E-state index in [9.17, 15) is 0 Å². The molecule has 0 fully saturated rings. The van der Waals surface area contributed by atoms with Gasteiger partial charge in [0, 0.05) is 44.6 Å². The van der Waals surface area contributed by atoms with E-state index in [0.29, 0.717) is 5.82 Å². The molecule has 0 atom stereocenters. The molecule has 46 heavy (non-hydrogen) atoms. The molecule has 4 heteroatoms. The van der Waals surface area contributed by atoms with Crippen LogP contribution in [0.15, 0.2) is 158 Å². The summed E-state index contributed by atoms with van der Waals surface area (Å²) >= 11 is 0. The molecular weight excluding hydrogens is 560 g/mol. The number of aromatic nitrogens is 4. The van der Waals surface area contributed by atoms with Crippen LogP contribution in [0, 0.1) is 0 Å². The topological polar surface area (TPSA) is 51.6 Å². The summed E-state index contributed by atoms with van der Waals surface area (Å²) in [7, 11) is 0. The maximum absolute atomic E-state index is 5.39. The largest absolute Gasteiger partial charge is 0.255 e. The second-order valence-electron chi connectivity index (χ2n) is 11.4. The predicted octanol–water partition coefficient (Wildman–Crippen LogP) is 10.5. The van der Waals surface area contributed by atoms with Crippen LogP contribution in [0.5, 0.6) is 0 Å². The van der Waals surface area contributed by atoms with Crippen LogP contribution in [0.4, 0.5) is 0 Å². The standard InChI is InChI=1S/C42H26N4/c1-3-12-27(13-4-1)36-26-37(28-14-5-2-6-15-28)45-42(44-36)30-23-21-29(22-24-30)39-35-20-11-25-43-40(35)38-33-18-9-7-16-31(33)32-17-8-10-19-34(32)41(38)46-39/h1-26H. The van der Waals surface area contributed by atoms with Crippen molar-refractivity contribution < 1.29 is 0 Å². The minimum absolute atomic E-state index is 0.683. The lowest BCUT2D eigenvalue weighted by molar-refractivity contribution is 1.18. The zero-order chi connectivity index (χ0) is 30.5. The number of pyridine rings is 2. The first kappa shape index (κ1) is 26.2. The Bertz CT molecular complexity index is 2500. The zero-order valence-electron chi connectivity index (χ0n) is 24.8. The van der Waals surface area contributed by atoms with Crippen molar-refractivity contribution >= 4 is 43.4 Å². The third-order valence-electron chi connectivity index (χ3n) is 8.71. The molecule has 9 rings (SSSR count). The lowest BCUT2D eigenvalue weighted by Crippen LogP contribution is -1.96. The summed E-state index contributed by atoms with van der Waals surface area (Å²) in [5.41, 5.74) is 8.68. The fraction of sp³-hybridized carbons (Fsp3) is 0. The summed E-state index contributed by atoms with van der Waals surface area (Å²) in [6.07, 6.45) is 1.88. The average molecular weight is 587 g/mol. The van der Waals surface area contributed by atoms with Crippen molar-refractivity contribution in [3.8, 4) is 45.2 Å². The van der Waals surface area contributed by atoms with Gasteiger partial charge < -0.3 is 0 Å². The number of hydrogen-bond donors (Lipinski definition) is 0. The molecule has 3 heterocycles. The molecule has 0 N–H and O–H groups in total. The van der Waals surface area contributed by atoms with E-state index in [4.69, 9.17) is 19.9 Å². The van der Waals surface area contributed by atoms with Gasteiger partial charge in [-0.25, -0.2) is 15.0 Å². The second-order valence-corrected chi connectivity index (χ2v) is 11.4. The molecule has 6 aromatic carbocycles. The van der Waals surface area contributed by atoms with Crippen molar-refractivity contribution in [1.29, 1.82) is 0 Å². The van der Waals surface area contributed by atoms with E-state index >= 15 is 0 Å². The van der Waals surface area contributed by atoms with Gasteiger partial charge in [0.05, 0.1) is 28.1 Å². The quantitative estimate of drug-likeness (QED) is 0.193. The van der Waals surface area contributed by atoms with E-state index in [2.05, 4.69) is 109 Å². The van der Waals surface area contributed by atoms with Crippen LogP contribution in [0.1, 0.15) is 0 Å². The Hall–Kier alpha value is -6.26. The number of rotatable bonds is 4. The van der Waals surface area contributed by atoms with E-state index in [1.807, 2.05) is 48.7 Å². The van der Waals surface area contributed by atoms with E-state index in [0.717, 1.165) is 66.5 Å². The predicted molar refractivity (Wildman–Crippen MR) is 189 cm³/mol. The molecule has 0 spiro atoms. The first-order valence-corrected chi connectivity index (χ1v) is 15.4. The van der Waals surface area contributed by atoms with Crippen LogP contribution in [-0.4, -0.2) is 19.9 Å². The van der Waals surface area contributed by atoms with Gasteiger partial charge in [0.15, 0.2) is 5.82 Å². The molecule has 0 saturated carbocycles. The SMILES string of the molecule is c1ccc(-c2cc(-c3ccccc3)nc(-c3ccc(-c4nc5c6ccccc6c6ccccc6c5c5ncccc45)cc3)n2)cc1. The highest BCUT2D eigenvalue weighted by atomic mass is 14.9. The Labute approximate surface area is 265 Å². The number of benzene rings is 6. The van der Waals surface area contributed by atoms with Crippen LogP contribution < -0.4 is 0 Å². The summed E-state index contributed by atoms with van der Waals surface area (Å²) in [6, 6.07) is 52.3. The molecule has 4 nitrogen and oxygen atoms in total. The van der Waals surface area contributed by atoms with Crippen LogP contribution >= 0.6 is 0 Å². The van der Waals surface area contributed by atoms with Gasteiger partial charge in [-0.2, -0.15) is 0 Å². The Morgan fingerprint density at radius 2 is 0.870 bits per heavy atom. The summed E-state index contributed by atoms with van der Waals surface area (Å²) in [5, 5.41) is 6.81. The summed E-state index contributed by atoms with van der Waals surface area (Å²) in [6.45, 7) is 0. The zero-order valence-corrected chi connectivity index (χ0v) is 24.8. The number of fused-ring (bicyclic) bond motifs is 8. The average Bonchev–Trinajstić information content (AvgIpc) is 3.15. The van der Waals surface area contributed by atoms with Gasteiger partial charge in [-0.15, -0.1) is 0 Å². The van der Waals surface area contributed by atoms with Crippen LogP contribution in [0.3, 0.4) is 0 Å². The van der Waals surface area contributed by atoms with Gasteiger partial charge >= 0.3 is 0 Å². The van der Waals surface area contributed by atoms with Crippen molar-refractivity contribution in [2.45, 2.75) is 0 Å². The maximum Gasteiger partial charge on any atom is 0.160 e. The Balaban J connectivity index is 1.23. The van der Waals surface area contributed by atoms with Crippen molar-refractivity contribution in [2.75, 3.05) is 0 Å². The minimum atomic E-state index is 0.683. The molecule has 0 aliphatic carbocycles. The van der Waals surface area contributed by atoms with Gasteiger partial charge in [0.2, 0.25) is 0 Å². The molecule has 3 aromatic heterocycles. The van der Waals surface area contributed by atoms with E-state index in [-0.39, 0.29) is 0 Å². The Morgan fingerprint density at radius 1 is 0.348 bits per heavy atom. The fourth-order valence-electron chi connectivity index (χ4n) is 6.53. The van der Waals surface area contributed by atoms with Crippen LogP contribution in [0.25, 0.3) is 88.5 Å². The molecule has 9 aromatic rings. The summed E-state index contributed by atoms with van der Waals surface area (Å²) in [5.74, 6) is 0.683. The van der Waals surface area contributed by atoms with E-state index < -0.39 is 0 Å². The first-order chi connectivity index (χ1) is 22.8. The highest BCUT2D eigenvalue weighted by Gasteiger charge is 2.17. The lowest BCUT2D eigenvalue weighted by atomic mass is 9.94. The number of nitrogens with zero attached hydrogens (tertiary/aromatic N) is 4. The molecule has 0 aliphatic heterocycles.